The zero-order chi connectivity index (χ0) is 20.2. The lowest BCUT2D eigenvalue weighted by atomic mass is 10.2. The third-order valence-electron chi connectivity index (χ3n) is 5.11. The van der Waals surface area contributed by atoms with Gasteiger partial charge in [0, 0.05) is 30.6 Å². The van der Waals surface area contributed by atoms with Gasteiger partial charge in [-0.15, -0.1) is 0 Å². The van der Waals surface area contributed by atoms with Crippen molar-refractivity contribution in [2.24, 2.45) is 17.8 Å². The predicted octanol–water partition coefficient (Wildman–Crippen LogP) is 2.92. The number of ether oxygens (including phenoxy) is 1. The Bertz CT molecular complexity index is 962. The number of aromatic nitrogens is 2. The Balaban J connectivity index is 1.38. The lowest BCUT2D eigenvalue weighted by molar-refractivity contribution is -0.118. The summed E-state index contributed by atoms with van der Waals surface area (Å²) in [6.45, 7) is 6.60. The van der Waals surface area contributed by atoms with Crippen LogP contribution < -0.4 is 11.1 Å². The largest absolute Gasteiger partial charge is 0.444 e. The number of nitrogens with two attached hydrogens (primary N) is 1. The maximum absolute atomic E-state index is 12.6. The molecule has 0 radical (unpaired) electrons. The number of carbonyl (C=O) groups is 2. The summed E-state index contributed by atoms with van der Waals surface area (Å²) in [5.74, 6) is 0.880. The van der Waals surface area contributed by atoms with Crippen LogP contribution in [0.1, 0.15) is 20.8 Å². The molecule has 9 heteroatoms. The summed E-state index contributed by atoms with van der Waals surface area (Å²) < 4.78 is 5.39. The molecule has 8 nitrogen and oxygen atoms in total. The maximum Gasteiger partial charge on any atom is 0.410 e. The van der Waals surface area contributed by atoms with Crippen molar-refractivity contribution in [3.63, 3.8) is 0 Å². The number of hydrogen-bond donors (Lipinski definition) is 2. The minimum atomic E-state index is -0.524. The summed E-state index contributed by atoms with van der Waals surface area (Å²) in [7, 11) is 0. The van der Waals surface area contributed by atoms with E-state index in [1.54, 1.807) is 23.2 Å². The first-order valence-corrected chi connectivity index (χ1v) is 9.51. The molecule has 0 bridgehead atoms. The van der Waals surface area contributed by atoms with Crippen LogP contribution in [0.15, 0.2) is 18.3 Å². The molecular weight excluding hydrogens is 382 g/mol. The second-order valence-corrected chi connectivity index (χ2v) is 8.74. The highest BCUT2D eigenvalue weighted by Crippen LogP contribution is 2.52. The average Bonchev–Trinajstić information content (AvgIpc) is 3.07. The minimum absolute atomic E-state index is 0.0844. The smallest absolute Gasteiger partial charge is 0.410 e. The van der Waals surface area contributed by atoms with Crippen molar-refractivity contribution in [1.82, 2.24) is 14.9 Å². The van der Waals surface area contributed by atoms with E-state index in [-0.39, 0.29) is 34.9 Å². The Hall–Kier alpha value is -2.61. The number of nitrogens with zero attached hydrogens (tertiary/aromatic N) is 3. The van der Waals surface area contributed by atoms with Crippen molar-refractivity contribution in [1.29, 1.82) is 0 Å². The quantitative estimate of drug-likeness (QED) is 0.746. The van der Waals surface area contributed by atoms with Gasteiger partial charge in [0.15, 0.2) is 0 Å². The first-order valence-electron chi connectivity index (χ1n) is 9.13. The molecule has 1 aliphatic heterocycles. The average molecular weight is 404 g/mol. The molecule has 4 rings (SSSR count). The van der Waals surface area contributed by atoms with E-state index in [2.05, 4.69) is 15.3 Å². The normalized spacial score (nSPS) is 23.4. The second-order valence-electron chi connectivity index (χ2n) is 8.35. The van der Waals surface area contributed by atoms with Crippen molar-refractivity contribution in [3.8, 4) is 0 Å². The van der Waals surface area contributed by atoms with Crippen molar-refractivity contribution in [2.75, 3.05) is 24.1 Å². The molecule has 1 saturated heterocycles. The zero-order valence-corrected chi connectivity index (χ0v) is 16.7. The number of rotatable bonds is 2. The Labute approximate surface area is 167 Å². The van der Waals surface area contributed by atoms with Gasteiger partial charge in [-0.05, 0) is 50.1 Å². The number of amides is 2. The fraction of sp³-hybridized carbons (Fsp3) is 0.474. The number of piperidine rings is 1. The van der Waals surface area contributed by atoms with E-state index in [0.717, 1.165) is 5.39 Å². The van der Waals surface area contributed by atoms with Gasteiger partial charge < -0.3 is 20.7 Å². The number of pyridine rings is 2. The molecule has 1 aliphatic carbocycles. The van der Waals surface area contributed by atoms with Crippen LogP contribution in [0.5, 0.6) is 0 Å². The lowest BCUT2D eigenvalue weighted by Gasteiger charge is -2.25. The van der Waals surface area contributed by atoms with Gasteiger partial charge in [-0.3, -0.25) is 4.79 Å². The number of nitrogens with one attached hydrogen (secondary N) is 1. The molecule has 3 N–H and O–H groups in total. The van der Waals surface area contributed by atoms with Crippen LogP contribution >= 0.6 is 11.6 Å². The van der Waals surface area contributed by atoms with Crippen LogP contribution in [-0.4, -0.2) is 45.6 Å². The Kier molecular flexibility index (Phi) is 4.33. The molecule has 0 aromatic carbocycles. The summed E-state index contributed by atoms with van der Waals surface area (Å²) in [6, 6.07) is 3.40. The number of nitrogen functional groups attached to an aromatic ring is 1. The minimum Gasteiger partial charge on any atom is -0.444 e. The fourth-order valence-electron chi connectivity index (χ4n) is 3.81. The monoisotopic (exact) mass is 403 g/mol. The van der Waals surface area contributed by atoms with Gasteiger partial charge in [0.05, 0.1) is 0 Å². The van der Waals surface area contributed by atoms with Crippen LogP contribution in [0.3, 0.4) is 0 Å². The van der Waals surface area contributed by atoms with Crippen LogP contribution in [-0.2, 0) is 9.53 Å². The van der Waals surface area contributed by atoms with E-state index in [4.69, 9.17) is 22.1 Å². The summed E-state index contributed by atoms with van der Waals surface area (Å²) in [4.78, 5) is 34.7. The molecule has 1 saturated carbocycles. The molecule has 2 atom stereocenters. The standard InChI is InChI=1S/C19H22ClN5O3/c1-19(2,3)28-18(27)25-7-11-12(8-25)15(11)17(26)24-14-5-9-4-13(20)23-16(21)10(9)6-22-14/h4-6,11-12,15H,7-8H2,1-3H3,(H2,21,23)(H,22,24,26). The summed E-state index contributed by atoms with van der Waals surface area (Å²) in [5.41, 5.74) is 5.32. The van der Waals surface area contributed by atoms with E-state index in [1.807, 2.05) is 20.8 Å². The van der Waals surface area contributed by atoms with Gasteiger partial charge in [0.1, 0.15) is 22.4 Å². The second kappa shape index (κ2) is 6.48. The van der Waals surface area contributed by atoms with Crippen molar-refractivity contribution >= 4 is 46.0 Å². The van der Waals surface area contributed by atoms with Crippen molar-refractivity contribution in [2.45, 2.75) is 26.4 Å². The van der Waals surface area contributed by atoms with Gasteiger partial charge in [-0.2, -0.15) is 0 Å². The molecule has 2 amide bonds. The van der Waals surface area contributed by atoms with Crippen molar-refractivity contribution in [3.05, 3.63) is 23.5 Å². The zero-order valence-electron chi connectivity index (χ0n) is 15.9. The van der Waals surface area contributed by atoms with Gasteiger partial charge >= 0.3 is 6.09 Å². The molecule has 2 unspecified atom stereocenters. The number of hydrogen-bond acceptors (Lipinski definition) is 6. The lowest BCUT2D eigenvalue weighted by Crippen LogP contribution is -2.38. The highest BCUT2D eigenvalue weighted by molar-refractivity contribution is 6.30. The Morgan fingerprint density at radius 1 is 1.29 bits per heavy atom. The molecule has 2 aromatic rings. The van der Waals surface area contributed by atoms with Gasteiger partial charge in [-0.1, -0.05) is 11.6 Å². The number of anilines is 2. The van der Waals surface area contributed by atoms with E-state index in [9.17, 15) is 9.59 Å². The van der Waals surface area contributed by atoms with E-state index in [1.165, 1.54) is 0 Å². The van der Waals surface area contributed by atoms with E-state index in [0.29, 0.717) is 30.1 Å². The van der Waals surface area contributed by atoms with Gasteiger partial charge in [-0.25, -0.2) is 14.8 Å². The van der Waals surface area contributed by atoms with Crippen LogP contribution in [0, 0.1) is 17.8 Å². The topological polar surface area (TPSA) is 110 Å². The van der Waals surface area contributed by atoms with Crippen LogP contribution in [0.4, 0.5) is 16.4 Å². The number of halogens is 1. The molecule has 3 heterocycles. The first kappa shape index (κ1) is 18.7. The Morgan fingerprint density at radius 2 is 1.96 bits per heavy atom. The van der Waals surface area contributed by atoms with Gasteiger partial charge in [0.2, 0.25) is 5.91 Å². The first-order chi connectivity index (χ1) is 13.1. The molecular formula is C19H22ClN5O3. The SMILES string of the molecule is CC(C)(C)OC(=O)N1CC2C(C1)C2C(=O)Nc1cc2cc(Cl)nc(N)c2cn1. The van der Waals surface area contributed by atoms with Crippen LogP contribution in [0.2, 0.25) is 5.15 Å². The molecule has 148 valence electrons. The highest BCUT2D eigenvalue weighted by Gasteiger charge is 2.60. The van der Waals surface area contributed by atoms with Gasteiger partial charge in [0.25, 0.3) is 0 Å². The molecule has 2 aromatic heterocycles. The van der Waals surface area contributed by atoms with Crippen molar-refractivity contribution < 1.29 is 14.3 Å². The molecule has 28 heavy (non-hydrogen) atoms. The predicted molar refractivity (Wildman–Crippen MR) is 106 cm³/mol. The number of likely N-dealkylation sites (tertiary alicyclic amines) is 1. The van der Waals surface area contributed by atoms with Crippen LogP contribution in [0.25, 0.3) is 10.8 Å². The molecule has 2 fully saturated rings. The number of carbonyl (C=O) groups excluding carboxylic acids is 2. The Morgan fingerprint density at radius 3 is 2.61 bits per heavy atom. The molecule has 0 spiro atoms. The third-order valence-corrected chi connectivity index (χ3v) is 5.31. The summed E-state index contributed by atoms with van der Waals surface area (Å²) in [6.07, 6.45) is 1.25. The molecule has 2 aliphatic rings. The number of fused-ring (bicyclic) bond motifs is 2. The fourth-order valence-corrected chi connectivity index (χ4v) is 4.02. The van der Waals surface area contributed by atoms with E-state index < -0.39 is 5.60 Å². The van der Waals surface area contributed by atoms with E-state index >= 15 is 0 Å². The summed E-state index contributed by atoms with van der Waals surface area (Å²) in [5, 5.41) is 4.58. The highest BCUT2D eigenvalue weighted by atomic mass is 35.5. The summed E-state index contributed by atoms with van der Waals surface area (Å²) >= 11 is 5.95. The third kappa shape index (κ3) is 3.56. The maximum atomic E-state index is 12.6.